The van der Waals surface area contributed by atoms with Crippen LogP contribution in [0, 0.1) is 0 Å². The molecule has 0 aromatic rings. The van der Waals surface area contributed by atoms with E-state index < -0.39 is 43.2 Å². The number of amides is 1. The standard InChI is InChI=1S/C8H14ClNO6/c9-1-4(12)10-8-7(15)6(14)5(13)3(2-11)16-8/h3,5-8,11,13-15H,1-2H2,(H,10,12)/t3-,5-,6+,7-,8?/m1/s1. The molecule has 0 spiro atoms. The van der Waals surface area contributed by atoms with Crippen molar-refractivity contribution >= 4 is 17.5 Å². The molecule has 7 nitrogen and oxygen atoms in total. The van der Waals surface area contributed by atoms with Crippen LogP contribution in [0.2, 0.25) is 0 Å². The van der Waals surface area contributed by atoms with Gasteiger partial charge in [-0.1, -0.05) is 0 Å². The van der Waals surface area contributed by atoms with Gasteiger partial charge in [-0.3, -0.25) is 4.79 Å². The maximum Gasteiger partial charge on any atom is 0.236 e. The third-order valence-corrected chi connectivity index (χ3v) is 2.56. The minimum atomic E-state index is -1.51. The predicted octanol–water partition coefficient (Wildman–Crippen LogP) is -2.86. The highest BCUT2D eigenvalue weighted by Gasteiger charge is 2.43. The summed E-state index contributed by atoms with van der Waals surface area (Å²) in [5.74, 6) is -0.916. The lowest BCUT2D eigenvalue weighted by Gasteiger charge is -2.39. The van der Waals surface area contributed by atoms with Crippen molar-refractivity contribution in [2.45, 2.75) is 30.6 Å². The Kier molecular flexibility index (Phi) is 4.90. The minimum absolute atomic E-state index is 0.324. The molecule has 16 heavy (non-hydrogen) atoms. The molecule has 0 saturated carbocycles. The second-order valence-electron chi connectivity index (χ2n) is 3.45. The number of nitrogens with one attached hydrogen (secondary N) is 1. The number of alkyl halides is 1. The van der Waals surface area contributed by atoms with Gasteiger partial charge in [-0.15, -0.1) is 11.6 Å². The third kappa shape index (κ3) is 2.82. The van der Waals surface area contributed by atoms with Gasteiger partial charge in [0.25, 0.3) is 0 Å². The van der Waals surface area contributed by atoms with Gasteiger partial charge >= 0.3 is 0 Å². The number of aliphatic hydroxyl groups is 4. The Balaban J connectivity index is 2.67. The summed E-state index contributed by atoms with van der Waals surface area (Å²) in [4.78, 5) is 11.0. The van der Waals surface area contributed by atoms with Crippen molar-refractivity contribution in [3.05, 3.63) is 0 Å². The molecule has 1 aliphatic rings. The van der Waals surface area contributed by atoms with Crippen LogP contribution in [0.25, 0.3) is 0 Å². The van der Waals surface area contributed by atoms with Gasteiger partial charge in [-0.25, -0.2) is 0 Å². The Hall–Kier alpha value is -0.440. The van der Waals surface area contributed by atoms with E-state index in [1.807, 2.05) is 0 Å². The first kappa shape index (κ1) is 13.6. The summed E-state index contributed by atoms with van der Waals surface area (Å²) in [5, 5.41) is 39.4. The maximum absolute atomic E-state index is 11.0. The molecule has 8 heteroatoms. The first-order valence-electron chi connectivity index (χ1n) is 4.67. The average Bonchev–Trinajstić information content (AvgIpc) is 2.29. The summed E-state index contributed by atoms with van der Waals surface area (Å²) in [7, 11) is 0. The average molecular weight is 256 g/mol. The highest BCUT2D eigenvalue weighted by atomic mass is 35.5. The molecule has 1 aliphatic heterocycles. The Morgan fingerprint density at radius 2 is 1.88 bits per heavy atom. The highest BCUT2D eigenvalue weighted by Crippen LogP contribution is 2.19. The van der Waals surface area contributed by atoms with Crippen LogP contribution < -0.4 is 5.32 Å². The van der Waals surface area contributed by atoms with Gasteiger partial charge in [-0.2, -0.15) is 0 Å². The first-order valence-corrected chi connectivity index (χ1v) is 5.20. The van der Waals surface area contributed by atoms with Crippen molar-refractivity contribution in [3.8, 4) is 0 Å². The van der Waals surface area contributed by atoms with Crippen LogP contribution in [0.5, 0.6) is 0 Å². The molecule has 1 rings (SSSR count). The second kappa shape index (κ2) is 5.76. The fraction of sp³-hybridized carbons (Fsp3) is 0.875. The fourth-order valence-corrected chi connectivity index (χ4v) is 1.50. The van der Waals surface area contributed by atoms with Crippen molar-refractivity contribution < 1.29 is 30.0 Å². The van der Waals surface area contributed by atoms with E-state index in [9.17, 15) is 20.1 Å². The van der Waals surface area contributed by atoms with Crippen LogP contribution in [0.15, 0.2) is 0 Å². The summed E-state index contributed by atoms with van der Waals surface area (Å²) >= 11 is 5.24. The topological polar surface area (TPSA) is 119 Å². The van der Waals surface area contributed by atoms with Gasteiger partial charge in [0.2, 0.25) is 5.91 Å². The van der Waals surface area contributed by atoms with Crippen LogP contribution in [-0.2, 0) is 9.53 Å². The molecular formula is C8H14ClNO6. The normalized spacial score (nSPS) is 39.4. The number of aliphatic hydroxyl groups excluding tert-OH is 4. The van der Waals surface area contributed by atoms with Gasteiger partial charge in [0, 0.05) is 0 Å². The summed E-state index contributed by atoms with van der Waals surface area (Å²) in [6.45, 7) is -0.543. The van der Waals surface area contributed by atoms with Crippen LogP contribution in [0.1, 0.15) is 0 Å². The van der Waals surface area contributed by atoms with E-state index in [0.29, 0.717) is 0 Å². The van der Waals surface area contributed by atoms with Gasteiger partial charge in [0.1, 0.15) is 30.3 Å². The molecule has 1 heterocycles. The summed E-state index contributed by atoms with van der Waals surface area (Å²) in [5.41, 5.74) is 0. The number of carbonyl (C=O) groups is 1. The van der Waals surface area contributed by atoms with E-state index in [1.165, 1.54) is 0 Å². The van der Waals surface area contributed by atoms with Crippen molar-refractivity contribution in [2.75, 3.05) is 12.5 Å². The SMILES string of the molecule is O=C(CCl)NC1O[C@H](CO)[C@@H](O)[C@H](O)[C@H]1O. The molecule has 0 aromatic heterocycles. The van der Waals surface area contributed by atoms with Gasteiger partial charge < -0.3 is 30.5 Å². The van der Waals surface area contributed by atoms with Crippen molar-refractivity contribution in [2.24, 2.45) is 0 Å². The van der Waals surface area contributed by atoms with Gasteiger partial charge in [0.05, 0.1) is 6.61 Å². The molecule has 0 radical (unpaired) electrons. The summed E-state index contributed by atoms with van der Waals surface area (Å²) in [6, 6.07) is 0. The molecule has 1 saturated heterocycles. The van der Waals surface area contributed by atoms with Crippen LogP contribution >= 0.6 is 11.6 Å². The van der Waals surface area contributed by atoms with Gasteiger partial charge in [-0.05, 0) is 0 Å². The monoisotopic (exact) mass is 255 g/mol. The third-order valence-electron chi connectivity index (χ3n) is 2.32. The molecule has 0 aliphatic carbocycles. The lowest BCUT2D eigenvalue weighted by atomic mass is 9.98. The molecule has 1 unspecified atom stereocenters. The number of hydrogen-bond donors (Lipinski definition) is 5. The van der Waals surface area contributed by atoms with E-state index >= 15 is 0 Å². The van der Waals surface area contributed by atoms with Crippen LogP contribution in [-0.4, -0.2) is 69.5 Å². The number of carbonyl (C=O) groups excluding carboxylic acids is 1. The van der Waals surface area contributed by atoms with E-state index in [0.717, 1.165) is 0 Å². The second-order valence-corrected chi connectivity index (χ2v) is 3.72. The zero-order valence-electron chi connectivity index (χ0n) is 8.28. The van der Waals surface area contributed by atoms with Crippen molar-refractivity contribution in [3.63, 3.8) is 0 Å². The molecule has 1 fully saturated rings. The van der Waals surface area contributed by atoms with Crippen LogP contribution in [0.3, 0.4) is 0 Å². The highest BCUT2D eigenvalue weighted by molar-refractivity contribution is 6.27. The summed E-state index contributed by atoms with van der Waals surface area (Å²) in [6.07, 6.45) is -6.68. The minimum Gasteiger partial charge on any atom is -0.394 e. The van der Waals surface area contributed by atoms with E-state index in [4.69, 9.17) is 21.4 Å². The number of halogens is 1. The molecule has 1 amide bonds. The molecule has 0 bridgehead atoms. The molecule has 0 aromatic carbocycles. The Morgan fingerprint density at radius 1 is 1.25 bits per heavy atom. The Morgan fingerprint density at radius 3 is 2.38 bits per heavy atom. The predicted molar refractivity (Wildman–Crippen MR) is 52.6 cm³/mol. The van der Waals surface area contributed by atoms with Gasteiger partial charge in [0.15, 0.2) is 6.23 Å². The Labute approximate surface area is 96.6 Å². The lowest BCUT2D eigenvalue weighted by Crippen LogP contribution is -2.63. The first-order chi connectivity index (χ1) is 7.51. The molecule has 94 valence electrons. The molecular weight excluding hydrogens is 242 g/mol. The van der Waals surface area contributed by atoms with E-state index in [2.05, 4.69) is 5.32 Å². The zero-order valence-corrected chi connectivity index (χ0v) is 9.04. The quantitative estimate of drug-likeness (QED) is 0.346. The zero-order chi connectivity index (χ0) is 12.3. The maximum atomic E-state index is 11.0. The van der Waals surface area contributed by atoms with Crippen molar-refractivity contribution in [1.82, 2.24) is 5.32 Å². The largest absolute Gasteiger partial charge is 0.394 e. The Bertz CT molecular complexity index is 251. The number of ether oxygens (including phenoxy) is 1. The molecule has 5 atom stereocenters. The van der Waals surface area contributed by atoms with E-state index in [-0.39, 0.29) is 5.88 Å². The number of rotatable bonds is 3. The van der Waals surface area contributed by atoms with Crippen molar-refractivity contribution in [1.29, 1.82) is 0 Å². The molecule has 5 N–H and O–H groups in total. The van der Waals surface area contributed by atoms with E-state index in [1.54, 1.807) is 0 Å². The lowest BCUT2D eigenvalue weighted by molar-refractivity contribution is -0.235. The van der Waals surface area contributed by atoms with Crippen LogP contribution in [0.4, 0.5) is 0 Å². The number of hydrogen-bond acceptors (Lipinski definition) is 6. The summed E-state index contributed by atoms with van der Waals surface area (Å²) < 4.78 is 5.00. The smallest absolute Gasteiger partial charge is 0.236 e. The fourth-order valence-electron chi connectivity index (χ4n) is 1.42.